The van der Waals surface area contributed by atoms with E-state index in [1.165, 1.54) is 11.3 Å². The van der Waals surface area contributed by atoms with Crippen molar-refractivity contribution in [2.45, 2.75) is 45.3 Å². The summed E-state index contributed by atoms with van der Waals surface area (Å²) in [6.45, 7) is 9.24. The first kappa shape index (κ1) is 18.1. The van der Waals surface area contributed by atoms with E-state index < -0.39 is 0 Å². The number of anilines is 1. The number of rotatable bonds is 5. The van der Waals surface area contributed by atoms with E-state index in [2.05, 4.69) is 58.2 Å². The van der Waals surface area contributed by atoms with Gasteiger partial charge in [0.1, 0.15) is 0 Å². The lowest BCUT2D eigenvalue weighted by Gasteiger charge is -2.35. The highest BCUT2D eigenvalue weighted by molar-refractivity contribution is 5.80. The second-order valence-corrected chi connectivity index (χ2v) is 6.99. The Kier molecular flexibility index (Phi) is 6.19. The number of benzene rings is 1. The summed E-state index contributed by atoms with van der Waals surface area (Å²) in [4.78, 5) is 9.37. The standard InChI is InChI=1S/C20H32N4O/c1-4-25-18-10-12-23(13-11-18)20(21-3)22-15-16(2)24-14-9-17-7-5-6-8-19(17)24/h5-8,16,18H,4,9-15H2,1-3H3,(H,21,22). The van der Waals surface area contributed by atoms with Crippen molar-refractivity contribution >= 4 is 11.6 Å². The molecular formula is C20H32N4O. The van der Waals surface area contributed by atoms with Crippen LogP contribution in [-0.4, -0.2) is 62.8 Å². The van der Waals surface area contributed by atoms with Gasteiger partial charge in [-0.15, -0.1) is 0 Å². The first-order valence-corrected chi connectivity index (χ1v) is 9.64. The number of para-hydroxylation sites is 1. The molecule has 0 aliphatic carbocycles. The Bertz CT molecular complexity index is 581. The fraction of sp³-hybridized carbons (Fsp3) is 0.650. The van der Waals surface area contributed by atoms with E-state index >= 15 is 0 Å². The highest BCUT2D eigenvalue weighted by Crippen LogP contribution is 2.28. The summed E-state index contributed by atoms with van der Waals surface area (Å²) in [5.41, 5.74) is 2.86. The van der Waals surface area contributed by atoms with E-state index in [4.69, 9.17) is 4.74 Å². The molecule has 0 radical (unpaired) electrons. The number of nitrogens with one attached hydrogen (secondary N) is 1. The second-order valence-electron chi connectivity index (χ2n) is 6.99. The molecule has 2 aliphatic heterocycles. The molecule has 0 aromatic heterocycles. The van der Waals surface area contributed by atoms with Crippen molar-refractivity contribution in [1.82, 2.24) is 10.2 Å². The number of aliphatic imine (C=N–C) groups is 1. The van der Waals surface area contributed by atoms with Crippen LogP contribution in [0.1, 0.15) is 32.3 Å². The van der Waals surface area contributed by atoms with E-state index in [0.717, 1.165) is 58.0 Å². The minimum atomic E-state index is 0.416. The number of nitrogens with zero attached hydrogens (tertiary/aromatic N) is 3. The summed E-state index contributed by atoms with van der Waals surface area (Å²) in [5.74, 6) is 1.02. The van der Waals surface area contributed by atoms with Gasteiger partial charge in [0.15, 0.2) is 5.96 Å². The van der Waals surface area contributed by atoms with Crippen molar-refractivity contribution in [2.24, 2.45) is 4.99 Å². The predicted octanol–water partition coefficient (Wildman–Crippen LogP) is 2.51. The zero-order chi connectivity index (χ0) is 17.6. The molecule has 0 spiro atoms. The molecule has 25 heavy (non-hydrogen) atoms. The smallest absolute Gasteiger partial charge is 0.193 e. The number of fused-ring (bicyclic) bond motifs is 1. The minimum absolute atomic E-state index is 0.416. The van der Waals surface area contributed by atoms with E-state index in [1.54, 1.807) is 0 Å². The Hall–Kier alpha value is -1.75. The molecule has 1 fully saturated rings. The maximum atomic E-state index is 5.75. The monoisotopic (exact) mass is 344 g/mol. The zero-order valence-corrected chi connectivity index (χ0v) is 15.9. The third-order valence-electron chi connectivity index (χ3n) is 5.37. The van der Waals surface area contributed by atoms with Gasteiger partial charge in [-0.05, 0) is 44.7 Å². The summed E-state index contributed by atoms with van der Waals surface area (Å²) >= 11 is 0. The van der Waals surface area contributed by atoms with E-state index in [9.17, 15) is 0 Å². The molecule has 0 amide bonds. The predicted molar refractivity (Wildman–Crippen MR) is 105 cm³/mol. The molecule has 138 valence electrons. The summed E-state index contributed by atoms with van der Waals surface area (Å²) in [6, 6.07) is 9.21. The number of hydrogen-bond acceptors (Lipinski definition) is 3. The van der Waals surface area contributed by atoms with Crippen LogP contribution in [0.2, 0.25) is 0 Å². The Morgan fingerprint density at radius 3 is 2.76 bits per heavy atom. The lowest BCUT2D eigenvalue weighted by atomic mass is 10.1. The van der Waals surface area contributed by atoms with Crippen molar-refractivity contribution in [3.05, 3.63) is 29.8 Å². The number of piperidine rings is 1. The molecule has 2 aliphatic rings. The first-order chi connectivity index (χ1) is 12.2. The molecule has 0 saturated carbocycles. The molecule has 5 nitrogen and oxygen atoms in total. The summed E-state index contributed by atoms with van der Waals surface area (Å²) in [5, 5.41) is 3.59. The number of ether oxygens (including phenoxy) is 1. The average molecular weight is 345 g/mol. The van der Waals surface area contributed by atoms with Crippen LogP contribution in [0.25, 0.3) is 0 Å². The second kappa shape index (κ2) is 8.56. The lowest BCUT2D eigenvalue weighted by Crippen LogP contribution is -2.50. The third-order valence-corrected chi connectivity index (χ3v) is 5.37. The van der Waals surface area contributed by atoms with Crippen LogP contribution in [0.5, 0.6) is 0 Å². The molecule has 2 heterocycles. The van der Waals surface area contributed by atoms with Gasteiger partial charge in [-0.2, -0.15) is 0 Å². The van der Waals surface area contributed by atoms with E-state index in [1.807, 2.05) is 7.05 Å². The van der Waals surface area contributed by atoms with Crippen molar-refractivity contribution in [3.8, 4) is 0 Å². The fourth-order valence-electron chi connectivity index (χ4n) is 3.97. The van der Waals surface area contributed by atoms with Crippen LogP contribution >= 0.6 is 0 Å². The Labute approximate surface area is 152 Å². The van der Waals surface area contributed by atoms with E-state index in [0.29, 0.717) is 12.1 Å². The Balaban J connectivity index is 1.50. The summed E-state index contributed by atoms with van der Waals surface area (Å²) in [7, 11) is 1.88. The molecule has 5 heteroatoms. The number of hydrogen-bond donors (Lipinski definition) is 1. The molecule has 1 unspecified atom stereocenters. The summed E-state index contributed by atoms with van der Waals surface area (Å²) in [6.07, 6.45) is 3.74. The van der Waals surface area contributed by atoms with Crippen molar-refractivity contribution in [3.63, 3.8) is 0 Å². The van der Waals surface area contributed by atoms with Gasteiger partial charge in [0, 0.05) is 51.6 Å². The number of likely N-dealkylation sites (tertiary alicyclic amines) is 1. The first-order valence-electron chi connectivity index (χ1n) is 9.64. The normalized spacial score (nSPS) is 19.9. The van der Waals surface area contributed by atoms with Crippen molar-refractivity contribution in [2.75, 3.05) is 44.7 Å². The molecule has 1 saturated heterocycles. The van der Waals surface area contributed by atoms with Crippen LogP contribution < -0.4 is 10.2 Å². The molecule has 1 atom stereocenters. The van der Waals surface area contributed by atoms with Crippen molar-refractivity contribution < 1.29 is 4.74 Å². The SMILES string of the molecule is CCOC1CCN(C(=NC)NCC(C)N2CCc3ccccc32)CC1. The van der Waals surface area contributed by atoms with Crippen LogP contribution in [0, 0.1) is 0 Å². The fourth-order valence-corrected chi connectivity index (χ4v) is 3.97. The Morgan fingerprint density at radius 2 is 2.04 bits per heavy atom. The Morgan fingerprint density at radius 1 is 1.28 bits per heavy atom. The highest BCUT2D eigenvalue weighted by Gasteiger charge is 2.25. The van der Waals surface area contributed by atoms with Gasteiger partial charge >= 0.3 is 0 Å². The van der Waals surface area contributed by atoms with Gasteiger partial charge in [0.25, 0.3) is 0 Å². The topological polar surface area (TPSA) is 40.1 Å². The molecular weight excluding hydrogens is 312 g/mol. The minimum Gasteiger partial charge on any atom is -0.378 e. The maximum Gasteiger partial charge on any atom is 0.193 e. The third kappa shape index (κ3) is 4.27. The quantitative estimate of drug-likeness (QED) is 0.658. The molecule has 0 bridgehead atoms. The van der Waals surface area contributed by atoms with Crippen LogP contribution in [0.15, 0.2) is 29.3 Å². The maximum absolute atomic E-state index is 5.75. The van der Waals surface area contributed by atoms with E-state index in [-0.39, 0.29) is 0 Å². The van der Waals surface area contributed by atoms with Crippen LogP contribution in [-0.2, 0) is 11.2 Å². The largest absolute Gasteiger partial charge is 0.378 e. The van der Waals surface area contributed by atoms with Gasteiger partial charge in [-0.3, -0.25) is 4.99 Å². The van der Waals surface area contributed by atoms with Crippen molar-refractivity contribution in [1.29, 1.82) is 0 Å². The van der Waals surface area contributed by atoms with Crippen LogP contribution in [0.4, 0.5) is 5.69 Å². The van der Waals surface area contributed by atoms with Crippen LogP contribution in [0.3, 0.4) is 0 Å². The average Bonchev–Trinajstić information content (AvgIpc) is 3.08. The molecule has 1 aromatic rings. The zero-order valence-electron chi connectivity index (χ0n) is 15.9. The van der Waals surface area contributed by atoms with Gasteiger partial charge in [0.2, 0.25) is 0 Å². The van der Waals surface area contributed by atoms with Gasteiger partial charge in [0.05, 0.1) is 6.10 Å². The molecule has 1 N–H and O–H groups in total. The molecule has 1 aromatic carbocycles. The van der Waals surface area contributed by atoms with Gasteiger partial charge in [-0.25, -0.2) is 0 Å². The summed E-state index contributed by atoms with van der Waals surface area (Å²) < 4.78 is 5.75. The molecule has 3 rings (SSSR count). The number of guanidine groups is 1. The highest BCUT2D eigenvalue weighted by atomic mass is 16.5. The van der Waals surface area contributed by atoms with Gasteiger partial charge in [-0.1, -0.05) is 18.2 Å². The lowest BCUT2D eigenvalue weighted by molar-refractivity contribution is 0.0264. The van der Waals surface area contributed by atoms with Gasteiger partial charge < -0.3 is 19.9 Å².